The summed E-state index contributed by atoms with van der Waals surface area (Å²) < 4.78 is 18.4. The molecule has 6 aromatic carbocycles. The van der Waals surface area contributed by atoms with E-state index in [0.717, 1.165) is 29.7 Å². The number of anilines is 6. The van der Waals surface area contributed by atoms with E-state index in [1.807, 2.05) is 17.4 Å². The maximum atomic E-state index is 15.6. The smallest absolute Gasteiger partial charge is 0.264 e. The Hall–Kier alpha value is -5.13. The van der Waals surface area contributed by atoms with E-state index in [1.165, 1.54) is 106 Å². The van der Waals surface area contributed by atoms with Gasteiger partial charge in [0.05, 0.1) is 11.4 Å². The Morgan fingerprint density at radius 1 is 0.493 bits per heavy atom. The summed E-state index contributed by atoms with van der Waals surface area (Å²) in [6.07, 6.45) is 4.61. The number of rotatable bonds is 3. The van der Waals surface area contributed by atoms with Gasteiger partial charge < -0.3 is 9.80 Å². The topological polar surface area (TPSA) is 6.48 Å². The molecule has 2 aliphatic heterocycles. The molecule has 1 aromatic heterocycles. The van der Waals surface area contributed by atoms with Crippen LogP contribution in [0.4, 0.5) is 38.5 Å². The molecule has 7 aromatic rings. The first-order valence-corrected chi connectivity index (χ1v) is 27.4. The molecule has 4 aliphatic rings. The standard InChI is InChI=1S/C66H76BFN2S/c1-60(2,3)40-21-24-44(25-22-40)69-54-33-42(62(7,8)9)34-55-57(54)67(59-58(69)46-35-47-50(38-56(46)71-59)66(16,17)30-27-63(47,10)11)51-36-48-49(65(14,15)29-28-64(48,12)13)37-53(51)70(55)52-26-23-41(61(4,5)6)32-45(52)39-19-18-20-43(68)31-39/h18-26,31-38H,27-30H2,1-17H3. The first kappa shape index (κ1) is 48.2. The molecule has 0 N–H and O–H groups in total. The number of halogens is 1. The number of hydrogen-bond acceptors (Lipinski definition) is 3. The maximum Gasteiger partial charge on any atom is 0.264 e. The Morgan fingerprint density at radius 2 is 1.01 bits per heavy atom. The molecule has 0 radical (unpaired) electrons. The van der Waals surface area contributed by atoms with E-state index in [-0.39, 0.29) is 50.4 Å². The average Bonchev–Trinajstić information content (AvgIpc) is 3.66. The van der Waals surface area contributed by atoms with Gasteiger partial charge in [-0.25, -0.2) is 4.39 Å². The molecule has 0 amide bonds. The van der Waals surface area contributed by atoms with Crippen LogP contribution in [0.3, 0.4) is 0 Å². The Bertz CT molecular complexity index is 3340. The fourth-order valence-corrected chi connectivity index (χ4v) is 14.1. The van der Waals surface area contributed by atoms with Gasteiger partial charge in [0.2, 0.25) is 0 Å². The molecule has 0 atom stereocenters. The summed E-state index contributed by atoms with van der Waals surface area (Å²) in [7, 11) is 0. The molecular formula is C66H76BFN2S. The normalized spacial score (nSPS) is 18.4. The lowest BCUT2D eigenvalue weighted by Crippen LogP contribution is -2.61. The van der Waals surface area contributed by atoms with Gasteiger partial charge in [-0.15, -0.1) is 11.3 Å². The van der Waals surface area contributed by atoms with Crippen LogP contribution in [0.15, 0.2) is 103 Å². The van der Waals surface area contributed by atoms with Crippen molar-refractivity contribution in [1.29, 1.82) is 0 Å². The summed E-state index contributed by atoms with van der Waals surface area (Å²) in [6.45, 7) is 40.6. The molecule has 0 bridgehead atoms. The molecule has 3 heterocycles. The Labute approximate surface area is 430 Å². The van der Waals surface area contributed by atoms with Gasteiger partial charge in [0.15, 0.2) is 0 Å². The fraction of sp³-hybridized carbons (Fsp3) is 0.424. The van der Waals surface area contributed by atoms with Crippen LogP contribution >= 0.6 is 11.3 Å². The number of fused-ring (bicyclic) bond motifs is 8. The quantitative estimate of drug-likeness (QED) is 0.163. The predicted octanol–water partition coefficient (Wildman–Crippen LogP) is 17.4. The van der Waals surface area contributed by atoms with E-state index in [2.05, 4.69) is 212 Å². The van der Waals surface area contributed by atoms with Crippen LogP contribution < -0.4 is 25.5 Å². The Morgan fingerprint density at radius 3 is 1.58 bits per heavy atom. The van der Waals surface area contributed by atoms with Crippen LogP contribution in [0.25, 0.3) is 21.2 Å². The minimum absolute atomic E-state index is 0.000287. The highest BCUT2D eigenvalue weighted by molar-refractivity contribution is 7.33. The summed E-state index contributed by atoms with van der Waals surface area (Å²) in [4.78, 5) is 5.29. The summed E-state index contributed by atoms with van der Waals surface area (Å²) >= 11 is 2.03. The highest BCUT2D eigenvalue weighted by Gasteiger charge is 2.49. The third-order valence-corrected chi connectivity index (χ3v) is 18.9. The SMILES string of the molecule is CC(C)(C)c1ccc(N2c3cc(C(C)(C)C)cc4c3B(c3cc5c(cc3N4c3ccc(C(C)(C)C)cc3-c3cccc(F)c3)C(C)(C)CCC5(C)C)c3sc4cc5c(cc4c32)C(C)(C)CCC5(C)C)cc1. The van der Waals surface area contributed by atoms with E-state index in [1.54, 1.807) is 12.1 Å². The third-order valence-electron chi connectivity index (χ3n) is 17.7. The second-order valence-corrected chi connectivity index (χ2v) is 28.9. The van der Waals surface area contributed by atoms with Gasteiger partial charge in [-0.1, -0.05) is 154 Å². The van der Waals surface area contributed by atoms with E-state index >= 15 is 4.39 Å². The highest BCUT2D eigenvalue weighted by atomic mass is 32.1. The Balaban J connectivity index is 1.32. The van der Waals surface area contributed by atoms with Gasteiger partial charge in [0, 0.05) is 43.2 Å². The summed E-state index contributed by atoms with van der Waals surface area (Å²) in [5.74, 6) is -0.224. The summed E-state index contributed by atoms with van der Waals surface area (Å²) in [6, 6.07) is 39.4. The zero-order valence-electron chi connectivity index (χ0n) is 45.9. The van der Waals surface area contributed by atoms with Crippen molar-refractivity contribution >= 4 is 78.0 Å². The molecular weight excluding hydrogens is 883 g/mol. The van der Waals surface area contributed by atoms with Crippen molar-refractivity contribution in [2.24, 2.45) is 0 Å². The lowest BCUT2D eigenvalue weighted by Gasteiger charge is -2.47. The fourth-order valence-electron chi connectivity index (χ4n) is 12.8. The molecule has 366 valence electrons. The van der Waals surface area contributed by atoms with Crippen molar-refractivity contribution < 1.29 is 4.39 Å². The summed E-state index contributed by atoms with van der Waals surface area (Å²) in [5, 5.41) is 1.36. The van der Waals surface area contributed by atoms with Crippen molar-refractivity contribution in [3.63, 3.8) is 0 Å². The van der Waals surface area contributed by atoms with Gasteiger partial charge in [0.25, 0.3) is 6.71 Å². The lowest BCUT2D eigenvalue weighted by atomic mass is 9.35. The summed E-state index contributed by atoms with van der Waals surface area (Å²) in [5.41, 5.74) is 21.5. The van der Waals surface area contributed by atoms with E-state index in [9.17, 15) is 0 Å². The second-order valence-electron chi connectivity index (χ2n) is 27.8. The molecule has 11 rings (SSSR count). The minimum Gasteiger partial charge on any atom is -0.311 e. The molecule has 5 heteroatoms. The Kier molecular flexibility index (Phi) is 10.5. The molecule has 2 nitrogen and oxygen atoms in total. The molecule has 0 fully saturated rings. The van der Waals surface area contributed by atoms with E-state index in [4.69, 9.17) is 0 Å². The zero-order valence-corrected chi connectivity index (χ0v) is 46.7. The van der Waals surface area contributed by atoms with Gasteiger partial charge in [-0.3, -0.25) is 0 Å². The van der Waals surface area contributed by atoms with Crippen LogP contribution in [0.5, 0.6) is 0 Å². The minimum atomic E-state index is -0.224. The van der Waals surface area contributed by atoms with Gasteiger partial charge in [-0.05, 0) is 186 Å². The van der Waals surface area contributed by atoms with Crippen molar-refractivity contribution in [3.8, 4) is 11.1 Å². The first-order valence-electron chi connectivity index (χ1n) is 26.6. The molecule has 0 saturated heterocycles. The van der Waals surface area contributed by atoms with Gasteiger partial charge in [0.1, 0.15) is 5.82 Å². The monoisotopic (exact) mass is 959 g/mol. The predicted molar refractivity (Wildman–Crippen MR) is 308 cm³/mol. The van der Waals surface area contributed by atoms with E-state index in [0.29, 0.717) is 0 Å². The molecule has 2 aliphatic carbocycles. The van der Waals surface area contributed by atoms with E-state index < -0.39 is 0 Å². The molecule has 0 unspecified atom stereocenters. The van der Waals surface area contributed by atoms with Crippen LogP contribution in [0.2, 0.25) is 0 Å². The molecule has 71 heavy (non-hydrogen) atoms. The number of nitrogens with zero attached hydrogens (tertiary/aromatic N) is 2. The van der Waals surface area contributed by atoms with Crippen molar-refractivity contribution in [2.75, 3.05) is 9.80 Å². The highest BCUT2D eigenvalue weighted by Crippen LogP contribution is 2.55. The third kappa shape index (κ3) is 7.59. The molecule has 0 spiro atoms. The number of hydrogen-bond donors (Lipinski definition) is 0. The second kappa shape index (κ2) is 15.5. The van der Waals surface area contributed by atoms with Gasteiger partial charge in [-0.2, -0.15) is 0 Å². The van der Waals surface area contributed by atoms with Crippen LogP contribution in [0, 0.1) is 5.82 Å². The largest absolute Gasteiger partial charge is 0.311 e. The van der Waals surface area contributed by atoms with Crippen LogP contribution in [-0.2, 0) is 37.9 Å². The van der Waals surface area contributed by atoms with Crippen molar-refractivity contribution in [3.05, 3.63) is 148 Å². The van der Waals surface area contributed by atoms with Crippen LogP contribution in [-0.4, -0.2) is 6.71 Å². The average molecular weight is 959 g/mol. The van der Waals surface area contributed by atoms with Crippen LogP contribution in [0.1, 0.15) is 182 Å². The number of thiophene rings is 1. The first-order chi connectivity index (χ1) is 33.0. The van der Waals surface area contributed by atoms with Crippen molar-refractivity contribution in [2.45, 2.75) is 181 Å². The molecule has 0 saturated carbocycles. The lowest BCUT2D eigenvalue weighted by molar-refractivity contribution is 0.332. The van der Waals surface area contributed by atoms with Gasteiger partial charge >= 0.3 is 0 Å². The number of benzene rings is 6. The maximum absolute atomic E-state index is 15.6. The van der Waals surface area contributed by atoms with Crippen molar-refractivity contribution in [1.82, 2.24) is 0 Å². The zero-order chi connectivity index (χ0) is 50.9.